The van der Waals surface area contributed by atoms with E-state index in [4.69, 9.17) is 5.73 Å². The van der Waals surface area contributed by atoms with Gasteiger partial charge in [0.05, 0.1) is 11.1 Å². The molecular formula is C20H20F5N5O2. The van der Waals surface area contributed by atoms with Crippen LogP contribution < -0.4 is 16.0 Å². The fourth-order valence-electron chi connectivity index (χ4n) is 3.51. The molecule has 2 amide bonds. The van der Waals surface area contributed by atoms with Crippen LogP contribution in [0.1, 0.15) is 40.3 Å². The number of amides is 2. The van der Waals surface area contributed by atoms with Gasteiger partial charge in [0.1, 0.15) is 11.5 Å². The van der Waals surface area contributed by atoms with Crippen molar-refractivity contribution >= 4 is 23.3 Å². The number of carbonyl (C=O) groups is 2. The van der Waals surface area contributed by atoms with Gasteiger partial charge in [0.25, 0.3) is 17.7 Å². The lowest BCUT2D eigenvalue weighted by Gasteiger charge is -2.42. The minimum absolute atomic E-state index is 0.0640. The molecule has 0 radical (unpaired) electrons. The van der Waals surface area contributed by atoms with Crippen LogP contribution >= 0.6 is 0 Å². The number of nitrogens with two attached hydrogens (primary N) is 1. The maximum atomic E-state index is 14.2. The Kier molecular flexibility index (Phi) is 6.07. The van der Waals surface area contributed by atoms with E-state index in [0.29, 0.717) is 12.3 Å². The van der Waals surface area contributed by atoms with Crippen molar-refractivity contribution in [1.29, 1.82) is 0 Å². The summed E-state index contributed by atoms with van der Waals surface area (Å²) in [5.41, 5.74) is 3.44. The summed E-state index contributed by atoms with van der Waals surface area (Å²) in [5, 5.41) is 2.38. The molecule has 2 aromatic heterocycles. The van der Waals surface area contributed by atoms with Crippen molar-refractivity contribution in [2.24, 2.45) is 17.6 Å². The van der Waals surface area contributed by atoms with E-state index in [-0.39, 0.29) is 30.3 Å². The molecule has 2 aromatic rings. The van der Waals surface area contributed by atoms with Crippen molar-refractivity contribution in [3.05, 3.63) is 47.4 Å². The number of anilines is 2. The minimum Gasteiger partial charge on any atom is -0.364 e. The molecule has 7 nitrogen and oxygen atoms in total. The van der Waals surface area contributed by atoms with Crippen LogP contribution in [0, 0.1) is 11.8 Å². The van der Waals surface area contributed by atoms with Gasteiger partial charge in [0, 0.05) is 43.0 Å². The Morgan fingerprint density at radius 3 is 2.34 bits per heavy atom. The maximum Gasteiger partial charge on any atom is 0.417 e. The fraction of sp³-hybridized carbons (Fsp3) is 0.400. The maximum absolute atomic E-state index is 14.2. The van der Waals surface area contributed by atoms with Crippen LogP contribution in [0.15, 0.2) is 30.6 Å². The Morgan fingerprint density at radius 1 is 1.16 bits per heavy atom. The predicted molar refractivity (Wildman–Crippen MR) is 105 cm³/mol. The molecule has 3 heterocycles. The highest BCUT2D eigenvalue weighted by molar-refractivity contribution is 6.08. The lowest BCUT2D eigenvalue weighted by atomic mass is 9.87. The Balaban J connectivity index is 2.00. The second-order valence-corrected chi connectivity index (χ2v) is 7.72. The minimum atomic E-state index is -4.77. The predicted octanol–water partition coefficient (Wildman–Crippen LogP) is 3.57. The molecule has 1 aliphatic heterocycles. The molecule has 0 bridgehead atoms. The molecule has 0 unspecified atom stereocenters. The molecule has 0 aliphatic carbocycles. The highest BCUT2D eigenvalue weighted by Crippen LogP contribution is 2.40. The number of pyridine rings is 2. The van der Waals surface area contributed by atoms with Crippen molar-refractivity contribution in [3.63, 3.8) is 0 Å². The summed E-state index contributed by atoms with van der Waals surface area (Å²) in [6.07, 6.45) is -3.02. The van der Waals surface area contributed by atoms with Gasteiger partial charge < -0.3 is 16.0 Å². The van der Waals surface area contributed by atoms with Gasteiger partial charge in [-0.2, -0.15) is 13.2 Å². The zero-order chi connectivity index (χ0) is 23.8. The number of hydrogen-bond acceptors (Lipinski definition) is 5. The van der Waals surface area contributed by atoms with Crippen molar-refractivity contribution in [3.8, 4) is 0 Å². The van der Waals surface area contributed by atoms with Crippen molar-refractivity contribution in [2.75, 3.05) is 23.3 Å². The van der Waals surface area contributed by atoms with Crippen molar-refractivity contribution in [2.45, 2.75) is 25.9 Å². The summed E-state index contributed by atoms with van der Waals surface area (Å²) in [7, 11) is 0. The highest BCUT2D eigenvalue weighted by atomic mass is 19.4. The van der Waals surface area contributed by atoms with Gasteiger partial charge in [-0.25, -0.2) is 13.8 Å². The van der Waals surface area contributed by atoms with Gasteiger partial charge in [-0.1, -0.05) is 13.8 Å². The van der Waals surface area contributed by atoms with Crippen LogP contribution in [0.4, 0.5) is 33.5 Å². The molecule has 3 rings (SSSR count). The second-order valence-electron chi connectivity index (χ2n) is 7.72. The molecule has 0 aromatic carbocycles. The average molecular weight is 457 g/mol. The molecule has 12 heteroatoms. The standard InChI is InChI=1S/C20H20F5N5O2/c1-10-8-30(9-11(2)19(10,21)22)17-14(5-12(7-28-17)20(23,24)25)18(32)29-13-3-4-27-15(6-13)16(26)31/h3-7,10-11H,8-9H2,1-2H3,(H2,26,31)(H,27,29,32)/t10-,11+. The first-order chi connectivity index (χ1) is 14.8. The zero-order valence-electron chi connectivity index (χ0n) is 17.1. The van der Waals surface area contributed by atoms with Gasteiger partial charge >= 0.3 is 6.18 Å². The van der Waals surface area contributed by atoms with Crippen LogP contribution in [0.25, 0.3) is 0 Å². The number of nitrogens with one attached hydrogen (secondary N) is 1. The summed E-state index contributed by atoms with van der Waals surface area (Å²) in [6.45, 7) is 2.26. The zero-order valence-corrected chi connectivity index (χ0v) is 17.1. The van der Waals surface area contributed by atoms with E-state index < -0.39 is 46.9 Å². The topological polar surface area (TPSA) is 101 Å². The largest absolute Gasteiger partial charge is 0.417 e. The highest BCUT2D eigenvalue weighted by Gasteiger charge is 2.48. The van der Waals surface area contributed by atoms with E-state index in [1.54, 1.807) is 0 Å². The first-order valence-electron chi connectivity index (χ1n) is 9.58. The van der Waals surface area contributed by atoms with E-state index in [1.807, 2.05) is 0 Å². The number of alkyl halides is 5. The first kappa shape index (κ1) is 23.4. The van der Waals surface area contributed by atoms with Crippen LogP contribution in [-0.4, -0.2) is 40.8 Å². The number of rotatable bonds is 4. The Bertz CT molecular complexity index is 1030. The number of nitrogens with zero attached hydrogens (tertiary/aromatic N) is 3. The van der Waals surface area contributed by atoms with E-state index in [0.717, 1.165) is 6.07 Å². The molecule has 32 heavy (non-hydrogen) atoms. The number of hydrogen-bond donors (Lipinski definition) is 2. The van der Waals surface area contributed by atoms with E-state index in [9.17, 15) is 31.5 Å². The van der Waals surface area contributed by atoms with Crippen LogP contribution in [-0.2, 0) is 6.18 Å². The van der Waals surface area contributed by atoms with Gasteiger partial charge in [-0.15, -0.1) is 0 Å². The average Bonchev–Trinajstić information content (AvgIpc) is 2.71. The number of primary amides is 1. The van der Waals surface area contributed by atoms with Gasteiger partial charge in [-0.05, 0) is 18.2 Å². The summed E-state index contributed by atoms with van der Waals surface area (Å²) < 4.78 is 68.2. The third-order valence-electron chi connectivity index (χ3n) is 5.31. The molecule has 3 N–H and O–H groups in total. The monoisotopic (exact) mass is 457 g/mol. The number of aromatic nitrogens is 2. The Labute approximate surface area is 179 Å². The Morgan fingerprint density at radius 2 is 1.78 bits per heavy atom. The van der Waals surface area contributed by atoms with Gasteiger partial charge in [0.2, 0.25) is 0 Å². The summed E-state index contributed by atoms with van der Waals surface area (Å²) >= 11 is 0. The molecule has 1 fully saturated rings. The van der Waals surface area contributed by atoms with Crippen molar-refractivity contribution < 1.29 is 31.5 Å². The van der Waals surface area contributed by atoms with E-state index >= 15 is 0 Å². The summed E-state index contributed by atoms with van der Waals surface area (Å²) in [4.78, 5) is 33.1. The normalized spacial score (nSPS) is 20.7. The molecule has 0 saturated carbocycles. The third-order valence-corrected chi connectivity index (χ3v) is 5.31. The van der Waals surface area contributed by atoms with Crippen LogP contribution in [0.2, 0.25) is 0 Å². The number of piperidine rings is 1. The van der Waals surface area contributed by atoms with E-state index in [2.05, 4.69) is 15.3 Å². The summed E-state index contributed by atoms with van der Waals surface area (Å²) in [6, 6.07) is 3.10. The molecular weight excluding hydrogens is 437 g/mol. The quantitative estimate of drug-likeness (QED) is 0.684. The molecule has 2 atom stereocenters. The lowest BCUT2D eigenvalue weighted by molar-refractivity contribution is -0.137. The van der Waals surface area contributed by atoms with E-state index in [1.165, 1.54) is 31.0 Å². The van der Waals surface area contributed by atoms with Crippen molar-refractivity contribution in [1.82, 2.24) is 9.97 Å². The summed E-state index contributed by atoms with van der Waals surface area (Å²) in [5.74, 6) is -7.15. The molecule has 1 aliphatic rings. The molecule has 0 spiro atoms. The number of halogens is 5. The first-order valence-corrected chi connectivity index (χ1v) is 9.58. The number of carbonyl (C=O) groups excluding carboxylic acids is 2. The fourth-order valence-corrected chi connectivity index (χ4v) is 3.51. The Hall–Kier alpha value is -3.31. The SMILES string of the molecule is C[C@@H]1CN(c2ncc(C(F)(F)F)cc2C(=O)Nc2ccnc(C(N)=O)c2)C[C@H](C)C1(F)F. The lowest BCUT2D eigenvalue weighted by Crippen LogP contribution is -2.52. The third kappa shape index (κ3) is 4.63. The molecule has 172 valence electrons. The molecule has 1 saturated heterocycles. The second kappa shape index (κ2) is 8.32. The smallest absolute Gasteiger partial charge is 0.364 e. The van der Waals surface area contributed by atoms with Gasteiger partial charge in [0.15, 0.2) is 0 Å². The van der Waals surface area contributed by atoms with Crippen LogP contribution in [0.3, 0.4) is 0 Å². The van der Waals surface area contributed by atoms with Crippen LogP contribution in [0.5, 0.6) is 0 Å². The van der Waals surface area contributed by atoms with Gasteiger partial charge in [-0.3, -0.25) is 14.6 Å².